The Morgan fingerprint density at radius 1 is 1.11 bits per heavy atom. The maximum Gasteiger partial charge on any atom is 0.244 e. The van der Waals surface area contributed by atoms with Gasteiger partial charge in [0.2, 0.25) is 11.9 Å². The molecule has 1 amide bonds. The van der Waals surface area contributed by atoms with Gasteiger partial charge in [-0.15, -0.1) is 0 Å². The van der Waals surface area contributed by atoms with Crippen molar-refractivity contribution in [2.75, 3.05) is 57.6 Å². The summed E-state index contributed by atoms with van der Waals surface area (Å²) in [4.78, 5) is 26.5. The first-order valence-electron chi connectivity index (χ1n) is 14.5. The highest BCUT2D eigenvalue weighted by molar-refractivity contribution is 5.97. The van der Waals surface area contributed by atoms with Crippen molar-refractivity contribution in [3.63, 3.8) is 0 Å². The second-order valence-electron chi connectivity index (χ2n) is 10.9. The number of hydrogen-bond donors (Lipinski definition) is 3. The van der Waals surface area contributed by atoms with Crippen LogP contribution in [-0.2, 0) is 22.6 Å². The zero-order chi connectivity index (χ0) is 30.6. The molecular weight excluding hydrogens is 563 g/mol. The molecular formula is C32H35FN8O3. The number of aliphatic hydroxyl groups excluding tert-OH is 1. The molecule has 0 radical (unpaired) electrons. The van der Waals surface area contributed by atoms with Crippen LogP contribution >= 0.6 is 0 Å². The summed E-state index contributed by atoms with van der Waals surface area (Å²) in [7, 11) is 3.68. The number of carbonyl (C=O) groups is 1. The van der Waals surface area contributed by atoms with Crippen molar-refractivity contribution in [1.82, 2.24) is 29.5 Å². The van der Waals surface area contributed by atoms with E-state index in [0.717, 1.165) is 54.8 Å². The molecule has 2 aromatic heterocycles. The standard InChI is InChI=1S/C32H35FN8O3/c1-39-12-14-40(15-13-39)29(20-44-2)31(43)37-27-8-5-7-23-24(27)10-11-25(23)30-26(33)17-34-32(38-30)36-22-16-35-41(18-22)28-9-4-3-6-21(28)19-42/h3-9,11,16-18,29,42H,10,12-15,19-20H2,1-2H3,(H,37,43)(H,34,36,38)/t29-/m1/s1. The number of halogens is 1. The second-order valence-corrected chi connectivity index (χ2v) is 10.9. The van der Waals surface area contributed by atoms with Crippen molar-refractivity contribution >= 4 is 28.8 Å². The lowest BCUT2D eigenvalue weighted by Gasteiger charge is -2.36. The first-order valence-corrected chi connectivity index (χ1v) is 14.5. The third-order valence-corrected chi connectivity index (χ3v) is 8.09. The van der Waals surface area contributed by atoms with Gasteiger partial charge in [0.05, 0.1) is 43.2 Å². The van der Waals surface area contributed by atoms with Crippen LogP contribution in [-0.4, -0.2) is 93.5 Å². The predicted molar refractivity (Wildman–Crippen MR) is 165 cm³/mol. The van der Waals surface area contributed by atoms with Crippen LogP contribution in [0.3, 0.4) is 0 Å². The summed E-state index contributed by atoms with van der Waals surface area (Å²) in [5, 5.41) is 20.3. The molecule has 1 aliphatic heterocycles. The Morgan fingerprint density at radius 2 is 1.93 bits per heavy atom. The number of allylic oxidation sites excluding steroid dienone is 1. The number of nitrogens with one attached hydrogen (secondary N) is 2. The SMILES string of the molecule is COC[C@H](C(=O)Nc1cccc2c1CC=C2c1nc(Nc2cnn(-c3ccccc3CO)c2)ncc1F)N1CCN(C)CC1. The number of fused-ring (bicyclic) bond motifs is 1. The third kappa shape index (κ3) is 6.10. The van der Waals surface area contributed by atoms with Gasteiger partial charge in [0.1, 0.15) is 11.7 Å². The zero-order valence-corrected chi connectivity index (χ0v) is 24.7. The second kappa shape index (κ2) is 13.0. The fourth-order valence-electron chi connectivity index (χ4n) is 5.70. The van der Waals surface area contributed by atoms with E-state index >= 15 is 4.39 Å². The summed E-state index contributed by atoms with van der Waals surface area (Å²) >= 11 is 0. The lowest BCUT2D eigenvalue weighted by Crippen LogP contribution is -2.54. The van der Waals surface area contributed by atoms with Gasteiger partial charge in [0.25, 0.3) is 0 Å². The van der Waals surface area contributed by atoms with Crippen LogP contribution in [0.5, 0.6) is 0 Å². The van der Waals surface area contributed by atoms with E-state index in [4.69, 9.17) is 4.74 Å². The maximum absolute atomic E-state index is 15.2. The monoisotopic (exact) mass is 598 g/mol. The molecule has 0 saturated carbocycles. The molecule has 3 heterocycles. The fraction of sp³-hybridized carbons (Fsp3) is 0.312. The topological polar surface area (TPSA) is 121 Å². The molecule has 6 rings (SSSR count). The number of anilines is 3. The van der Waals surface area contributed by atoms with Crippen molar-refractivity contribution in [2.45, 2.75) is 19.1 Å². The summed E-state index contributed by atoms with van der Waals surface area (Å²) in [5.74, 6) is -0.461. The molecule has 1 fully saturated rings. The first kappa shape index (κ1) is 29.6. The largest absolute Gasteiger partial charge is 0.392 e. The van der Waals surface area contributed by atoms with Crippen LogP contribution in [0.1, 0.15) is 22.4 Å². The highest BCUT2D eigenvalue weighted by Crippen LogP contribution is 2.37. The van der Waals surface area contributed by atoms with Crippen LogP contribution in [0.15, 0.2) is 67.1 Å². The molecule has 2 aliphatic rings. The molecule has 44 heavy (non-hydrogen) atoms. The van der Waals surface area contributed by atoms with Gasteiger partial charge in [0, 0.05) is 50.1 Å². The minimum Gasteiger partial charge on any atom is -0.392 e. The third-order valence-electron chi connectivity index (χ3n) is 8.09. The molecule has 4 aromatic rings. The van der Waals surface area contributed by atoms with E-state index in [1.807, 2.05) is 48.5 Å². The van der Waals surface area contributed by atoms with Gasteiger partial charge in [-0.25, -0.2) is 19.0 Å². The molecule has 3 N–H and O–H groups in total. The first-order chi connectivity index (χ1) is 21.4. The van der Waals surface area contributed by atoms with E-state index in [9.17, 15) is 9.90 Å². The number of aliphatic hydroxyl groups is 1. The molecule has 1 aliphatic carbocycles. The average molecular weight is 599 g/mol. The maximum atomic E-state index is 15.2. The lowest BCUT2D eigenvalue weighted by atomic mass is 10.0. The van der Waals surface area contributed by atoms with E-state index < -0.39 is 11.9 Å². The van der Waals surface area contributed by atoms with Gasteiger partial charge in [-0.05, 0) is 36.7 Å². The number of likely N-dealkylation sites (N-methyl/N-ethyl adjacent to an activating group) is 1. The Hall–Kier alpha value is -4.49. The lowest BCUT2D eigenvalue weighted by molar-refractivity contribution is -0.124. The molecule has 0 bridgehead atoms. The molecule has 0 unspecified atom stereocenters. The van der Waals surface area contributed by atoms with Crippen molar-refractivity contribution in [2.24, 2.45) is 0 Å². The number of para-hydroxylation sites is 1. The highest BCUT2D eigenvalue weighted by atomic mass is 19.1. The van der Waals surface area contributed by atoms with Crippen molar-refractivity contribution in [3.8, 4) is 5.69 Å². The number of aromatic nitrogens is 4. The number of piperazine rings is 1. The molecule has 0 spiro atoms. The Bertz CT molecular complexity index is 1680. The van der Waals surface area contributed by atoms with Crippen molar-refractivity contribution in [3.05, 3.63) is 95.3 Å². The highest BCUT2D eigenvalue weighted by Gasteiger charge is 2.30. The Morgan fingerprint density at radius 3 is 2.73 bits per heavy atom. The van der Waals surface area contributed by atoms with E-state index in [1.54, 1.807) is 24.2 Å². The van der Waals surface area contributed by atoms with Crippen LogP contribution in [0.25, 0.3) is 11.3 Å². The minimum atomic E-state index is -0.549. The number of amides is 1. The molecule has 1 atom stereocenters. The molecule has 2 aromatic carbocycles. The molecule has 12 heteroatoms. The number of ether oxygens (including phenoxy) is 1. The van der Waals surface area contributed by atoms with E-state index in [1.165, 1.54) is 0 Å². The van der Waals surface area contributed by atoms with E-state index in [0.29, 0.717) is 30.0 Å². The summed E-state index contributed by atoms with van der Waals surface area (Å²) in [6, 6.07) is 12.6. The zero-order valence-electron chi connectivity index (χ0n) is 24.7. The van der Waals surface area contributed by atoms with Crippen LogP contribution in [0, 0.1) is 5.82 Å². The number of benzene rings is 2. The number of hydrogen-bond acceptors (Lipinski definition) is 9. The Kier molecular flexibility index (Phi) is 8.75. The summed E-state index contributed by atoms with van der Waals surface area (Å²) in [6.07, 6.45) is 6.95. The Balaban J connectivity index is 1.20. The number of rotatable bonds is 10. The van der Waals surface area contributed by atoms with Gasteiger partial charge in [-0.3, -0.25) is 9.69 Å². The molecule has 228 valence electrons. The van der Waals surface area contributed by atoms with Gasteiger partial charge in [-0.1, -0.05) is 36.4 Å². The quantitative estimate of drug-likeness (QED) is 0.253. The molecule has 11 nitrogen and oxygen atoms in total. The van der Waals surface area contributed by atoms with Crippen LogP contribution < -0.4 is 10.6 Å². The van der Waals surface area contributed by atoms with Gasteiger partial charge in [-0.2, -0.15) is 5.10 Å². The minimum absolute atomic E-state index is 0.116. The Labute approximate surface area is 255 Å². The van der Waals surface area contributed by atoms with Crippen LogP contribution in [0.4, 0.5) is 21.7 Å². The summed E-state index contributed by atoms with van der Waals surface area (Å²) in [5.41, 5.74) is 5.29. The predicted octanol–water partition coefficient (Wildman–Crippen LogP) is 3.23. The summed E-state index contributed by atoms with van der Waals surface area (Å²) in [6.45, 7) is 3.54. The fourth-order valence-corrected chi connectivity index (χ4v) is 5.70. The normalized spacial score (nSPS) is 16.0. The van der Waals surface area contributed by atoms with Crippen molar-refractivity contribution < 1.29 is 19.0 Å². The van der Waals surface area contributed by atoms with Crippen molar-refractivity contribution in [1.29, 1.82) is 0 Å². The average Bonchev–Trinajstić information content (AvgIpc) is 3.69. The number of carbonyl (C=O) groups excluding carboxylic acids is 1. The van der Waals surface area contributed by atoms with Crippen LogP contribution in [0.2, 0.25) is 0 Å². The number of nitrogens with zero attached hydrogens (tertiary/aromatic N) is 6. The number of methoxy groups -OCH3 is 1. The van der Waals surface area contributed by atoms with E-state index in [-0.39, 0.29) is 24.2 Å². The summed E-state index contributed by atoms with van der Waals surface area (Å²) < 4.78 is 22.2. The van der Waals surface area contributed by atoms with Gasteiger partial charge in [0.15, 0.2) is 5.82 Å². The molecule has 1 saturated heterocycles. The smallest absolute Gasteiger partial charge is 0.244 e. The van der Waals surface area contributed by atoms with Gasteiger partial charge >= 0.3 is 0 Å². The van der Waals surface area contributed by atoms with E-state index in [2.05, 4.69) is 42.5 Å². The van der Waals surface area contributed by atoms with Gasteiger partial charge < -0.3 is 25.4 Å².